The summed E-state index contributed by atoms with van der Waals surface area (Å²) in [4.78, 5) is 0. The molecular formula is C13H19F2NO. The molecule has 0 aliphatic heterocycles. The number of aliphatic hydroxyl groups excluding tert-OH is 1. The molecule has 0 aromatic heterocycles. The predicted octanol–water partition coefficient (Wildman–Crippen LogP) is 2.63. The summed E-state index contributed by atoms with van der Waals surface area (Å²) in [6.07, 6.45) is 0.700. The standard InChI is InChI=1S/C13H19F2NO/c1-9(6-7-17)8-16-10(2)11-4-3-5-12(14)13(11)15/h3-5,9-10,16-17H,6-8H2,1-2H3. The second kappa shape index (κ2) is 6.67. The van der Waals surface area contributed by atoms with E-state index >= 15 is 0 Å². The third-order valence-electron chi connectivity index (χ3n) is 2.84. The largest absolute Gasteiger partial charge is 0.396 e. The van der Waals surface area contributed by atoms with Gasteiger partial charge in [0, 0.05) is 18.2 Å². The fraction of sp³-hybridized carbons (Fsp3) is 0.538. The molecular weight excluding hydrogens is 224 g/mol. The Balaban J connectivity index is 2.58. The predicted molar refractivity (Wildman–Crippen MR) is 63.6 cm³/mol. The van der Waals surface area contributed by atoms with Crippen LogP contribution < -0.4 is 5.32 Å². The minimum absolute atomic E-state index is 0.144. The van der Waals surface area contributed by atoms with Crippen LogP contribution in [0.5, 0.6) is 0 Å². The number of hydrogen-bond acceptors (Lipinski definition) is 2. The Morgan fingerprint density at radius 2 is 2.00 bits per heavy atom. The van der Waals surface area contributed by atoms with Gasteiger partial charge in [0.1, 0.15) is 0 Å². The smallest absolute Gasteiger partial charge is 0.163 e. The molecule has 2 unspecified atom stereocenters. The van der Waals surface area contributed by atoms with Gasteiger partial charge >= 0.3 is 0 Å². The first-order valence-corrected chi connectivity index (χ1v) is 5.84. The van der Waals surface area contributed by atoms with Crippen molar-refractivity contribution in [3.63, 3.8) is 0 Å². The van der Waals surface area contributed by atoms with Crippen molar-refractivity contribution in [2.45, 2.75) is 26.3 Å². The van der Waals surface area contributed by atoms with Crippen LogP contribution in [0.25, 0.3) is 0 Å². The summed E-state index contributed by atoms with van der Waals surface area (Å²) in [6.45, 7) is 4.60. The molecule has 0 aliphatic rings. The van der Waals surface area contributed by atoms with Crippen molar-refractivity contribution in [2.24, 2.45) is 5.92 Å². The molecule has 0 bridgehead atoms. The van der Waals surface area contributed by atoms with Crippen LogP contribution in [0.4, 0.5) is 8.78 Å². The second-order valence-electron chi connectivity index (χ2n) is 4.39. The van der Waals surface area contributed by atoms with Crippen molar-refractivity contribution in [1.29, 1.82) is 0 Å². The highest BCUT2D eigenvalue weighted by Gasteiger charge is 2.14. The average Bonchev–Trinajstić information content (AvgIpc) is 2.30. The molecule has 0 spiro atoms. The third kappa shape index (κ3) is 4.06. The van der Waals surface area contributed by atoms with Crippen LogP contribution in [0.1, 0.15) is 31.9 Å². The van der Waals surface area contributed by atoms with Crippen molar-refractivity contribution in [2.75, 3.05) is 13.2 Å². The van der Waals surface area contributed by atoms with Gasteiger partial charge in [-0.05, 0) is 31.9 Å². The van der Waals surface area contributed by atoms with Gasteiger partial charge in [-0.25, -0.2) is 8.78 Å². The van der Waals surface area contributed by atoms with Crippen LogP contribution in [0.2, 0.25) is 0 Å². The summed E-state index contributed by atoms with van der Waals surface area (Å²) in [5.74, 6) is -1.30. The molecule has 0 saturated heterocycles. The lowest BCUT2D eigenvalue weighted by Gasteiger charge is -2.18. The summed E-state index contributed by atoms with van der Waals surface area (Å²) in [6, 6.07) is 3.95. The van der Waals surface area contributed by atoms with Crippen LogP contribution in [-0.2, 0) is 0 Å². The van der Waals surface area contributed by atoms with Gasteiger partial charge in [-0.2, -0.15) is 0 Å². The van der Waals surface area contributed by atoms with Crippen molar-refractivity contribution in [3.05, 3.63) is 35.4 Å². The molecule has 1 aromatic rings. The zero-order valence-electron chi connectivity index (χ0n) is 10.2. The van der Waals surface area contributed by atoms with E-state index in [4.69, 9.17) is 5.11 Å². The molecule has 2 N–H and O–H groups in total. The van der Waals surface area contributed by atoms with Gasteiger partial charge in [0.05, 0.1) is 0 Å². The molecule has 2 nitrogen and oxygen atoms in total. The van der Waals surface area contributed by atoms with E-state index in [2.05, 4.69) is 5.32 Å². The molecule has 0 radical (unpaired) electrons. The molecule has 17 heavy (non-hydrogen) atoms. The maximum absolute atomic E-state index is 13.5. The van der Waals surface area contributed by atoms with Gasteiger partial charge in [-0.3, -0.25) is 0 Å². The molecule has 0 heterocycles. The molecule has 0 aliphatic carbocycles. The molecule has 0 fully saturated rings. The van der Waals surface area contributed by atoms with Gasteiger partial charge < -0.3 is 10.4 Å². The zero-order chi connectivity index (χ0) is 12.8. The number of hydrogen-bond donors (Lipinski definition) is 2. The fourth-order valence-electron chi connectivity index (χ4n) is 1.67. The maximum atomic E-state index is 13.5. The van der Waals surface area contributed by atoms with Crippen LogP contribution in [0, 0.1) is 17.6 Å². The van der Waals surface area contributed by atoms with Crippen LogP contribution in [-0.4, -0.2) is 18.3 Å². The Hall–Kier alpha value is -1.00. The first-order chi connectivity index (χ1) is 8.06. The monoisotopic (exact) mass is 243 g/mol. The third-order valence-corrected chi connectivity index (χ3v) is 2.84. The van der Waals surface area contributed by atoms with Crippen molar-refractivity contribution in [3.8, 4) is 0 Å². The first-order valence-electron chi connectivity index (χ1n) is 5.84. The molecule has 4 heteroatoms. The lowest BCUT2D eigenvalue weighted by atomic mass is 10.1. The molecule has 96 valence electrons. The van der Waals surface area contributed by atoms with Gasteiger partial charge in [-0.1, -0.05) is 19.1 Å². The van der Waals surface area contributed by atoms with Crippen molar-refractivity contribution < 1.29 is 13.9 Å². The minimum atomic E-state index is -0.820. The summed E-state index contributed by atoms with van der Waals surface area (Å²) in [7, 11) is 0. The van der Waals surface area contributed by atoms with Crippen molar-refractivity contribution >= 4 is 0 Å². The van der Waals surface area contributed by atoms with E-state index in [-0.39, 0.29) is 12.6 Å². The van der Waals surface area contributed by atoms with Gasteiger partial charge in [0.2, 0.25) is 0 Å². The lowest BCUT2D eigenvalue weighted by molar-refractivity contribution is 0.258. The first kappa shape index (κ1) is 14.1. The Kier molecular flexibility index (Phi) is 5.51. The Morgan fingerprint density at radius 1 is 1.29 bits per heavy atom. The van der Waals surface area contributed by atoms with E-state index in [0.717, 1.165) is 6.07 Å². The van der Waals surface area contributed by atoms with Crippen LogP contribution in [0.15, 0.2) is 18.2 Å². The molecule has 2 atom stereocenters. The lowest BCUT2D eigenvalue weighted by Crippen LogP contribution is -2.25. The zero-order valence-corrected chi connectivity index (χ0v) is 10.2. The van der Waals surface area contributed by atoms with Gasteiger partial charge in [-0.15, -0.1) is 0 Å². The topological polar surface area (TPSA) is 32.3 Å². The van der Waals surface area contributed by atoms with Gasteiger partial charge in [0.25, 0.3) is 0 Å². The summed E-state index contributed by atoms with van der Waals surface area (Å²) in [5.41, 5.74) is 0.334. The quantitative estimate of drug-likeness (QED) is 0.805. The second-order valence-corrected chi connectivity index (χ2v) is 4.39. The summed E-state index contributed by atoms with van der Waals surface area (Å²) < 4.78 is 26.5. The minimum Gasteiger partial charge on any atom is -0.396 e. The number of aliphatic hydroxyl groups is 1. The van der Waals surface area contributed by atoms with E-state index in [9.17, 15) is 8.78 Å². The average molecular weight is 243 g/mol. The van der Waals surface area contributed by atoms with Gasteiger partial charge in [0.15, 0.2) is 11.6 Å². The van der Waals surface area contributed by atoms with E-state index in [1.54, 1.807) is 13.0 Å². The normalized spacial score (nSPS) is 14.6. The maximum Gasteiger partial charge on any atom is 0.163 e. The molecule has 0 saturated carbocycles. The van der Waals surface area contributed by atoms with Crippen LogP contribution >= 0.6 is 0 Å². The van der Waals surface area contributed by atoms with Crippen molar-refractivity contribution in [1.82, 2.24) is 5.32 Å². The Morgan fingerprint density at radius 3 is 2.65 bits per heavy atom. The molecule has 1 rings (SSSR count). The highest BCUT2D eigenvalue weighted by atomic mass is 19.2. The highest BCUT2D eigenvalue weighted by molar-refractivity contribution is 5.21. The number of rotatable bonds is 6. The fourth-order valence-corrected chi connectivity index (χ4v) is 1.67. The van der Waals surface area contributed by atoms with E-state index in [0.29, 0.717) is 24.4 Å². The highest BCUT2D eigenvalue weighted by Crippen LogP contribution is 2.19. The van der Waals surface area contributed by atoms with E-state index < -0.39 is 11.6 Å². The Labute approximate surface area is 101 Å². The van der Waals surface area contributed by atoms with E-state index in [1.165, 1.54) is 6.07 Å². The summed E-state index contributed by atoms with van der Waals surface area (Å²) in [5, 5.41) is 11.9. The summed E-state index contributed by atoms with van der Waals surface area (Å²) >= 11 is 0. The number of nitrogens with one attached hydrogen (secondary N) is 1. The molecule has 0 amide bonds. The van der Waals surface area contributed by atoms with E-state index in [1.807, 2.05) is 6.92 Å². The van der Waals surface area contributed by atoms with Crippen LogP contribution in [0.3, 0.4) is 0 Å². The SMILES string of the molecule is CC(CCO)CNC(C)c1cccc(F)c1F. The Bertz CT molecular complexity index is 357. The number of benzene rings is 1. The number of halogens is 2. The molecule has 1 aromatic carbocycles.